The molecule has 0 fully saturated rings. The summed E-state index contributed by atoms with van der Waals surface area (Å²) < 4.78 is 4.86. The summed E-state index contributed by atoms with van der Waals surface area (Å²) in [6.07, 6.45) is 9.67. The number of aliphatic carboxylic acids is 1. The lowest BCUT2D eigenvalue weighted by molar-refractivity contribution is -0.131. The number of hydrogen-bond acceptors (Lipinski definition) is 6. The minimum Gasteiger partial charge on any atom is -0.504 e. The van der Waals surface area contributed by atoms with Crippen molar-refractivity contribution in [1.82, 2.24) is 0 Å². The van der Waals surface area contributed by atoms with Gasteiger partial charge in [0.1, 0.15) is 6.61 Å². The number of methoxy groups -OCH3 is 1. The smallest absolute Gasteiger partial charge is 0.328 e. The summed E-state index contributed by atoms with van der Waals surface area (Å²) in [7, 11) is 1.43. The number of carboxylic acids is 1. The molecule has 0 aromatic heterocycles. The van der Waals surface area contributed by atoms with Crippen LogP contribution in [-0.4, -0.2) is 29.9 Å². The topological polar surface area (TPSA) is 105 Å². The van der Waals surface area contributed by atoms with E-state index >= 15 is 0 Å². The third kappa shape index (κ3) is 12.5. The van der Waals surface area contributed by atoms with Crippen LogP contribution in [0.5, 0.6) is 11.5 Å². The van der Waals surface area contributed by atoms with Crippen molar-refractivity contribution in [1.29, 1.82) is 0 Å². The number of carboxylic acid groups (broad SMARTS) is 1. The SMILES string of the molecule is CCCCCCCCON=O.COc1cc(C=CC(=O)O)ccc1O. The van der Waals surface area contributed by atoms with Crippen LogP contribution in [-0.2, 0) is 9.63 Å². The Morgan fingerprint density at radius 2 is 1.88 bits per heavy atom. The van der Waals surface area contributed by atoms with Crippen LogP contribution in [0.1, 0.15) is 51.0 Å². The Morgan fingerprint density at radius 3 is 2.48 bits per heavy atom. The van der Waals surface area contributed by atoms with Gasteiger partial charge in [-0.15, -0.1) is 4.91 Å². The number of phenols is 1. The predicted molar refractivity (Wildman–Crippen MR) is 96.5 cm³/mol. The van der Waals surface area contributed by atoms with E-state index in [2.05, 4.69) is 17.1 Å². The highest BCUT2D eigenvalue weighted by atomic mass is 16.7. The molecule has 7 heteroatoms. The summed E-state index contributed by atoms with van der Waals surface area (Å²) in [4.78, 5) is 24.0. The second kappa shape index (κ2) is 15.0. The Hall–Kier alpha value is -2.57. The van der Waals surface area contributed by atoms with E-state index in [0.717, 1.165) is 18.9 Å². The molecule has 7 nitrogen and oxygen atoms in total. The highest BCUT2D eigenvalue weighted by Crippen LogP contribution is 2.26. The van der Waals surface area contributed by atoms with E-state index in [1.165, 1.54) is 44.9 Å². The predicted octanol–water partition coefficient (Wildman–Crippen LogP) is 4.54. The monoisotopic (exact) mass is 353 g/mol. The summed E-state index contributed by atoms with van der Waals surface area (Å²) in [5.74, 6) is -0.672. The molecule has 0 bridgehead atoms. The number of ether oxygens (including phenoxy) is 1. The van der Waals surface area contributed by atoms with E-state index in [1.807, 2.05) is 0 Å². The molecule has 1 rings (SSSR count). The Labute approximate surface area is 148 Å². The number of phenolic OH excluding ortho intramolecular Hbond substituents is 1. The Balaban J connectivity index is 0.000000477. The van der Waals surface area contributed by atoms with Crippen molar-refractivity contribution in [3.05, 3.63) is 34.7 Å². The maximum atomic E-state index is 10.2. The molecule has 0 heterocycles. The Kier molecular flexibility index (Phi) is 13.4. The number of aromatic hydroxyl groups is 1. The number of nitrogens with zero attached hydrogens (tertiary/aromatic N) is 1. The van der Waals surface area contributed by atoms with Crippen molar-refractivity contribution in [2.24, 2.45) is 5.34 Å². The molecule has 0 aliphatic carbocycles. The lowest BCUT2D eigenvalue weighted by Gasteiger charge is -2.03. The fourth-order valence-electron chi connectivity index (χ4n) is 1.95. The first-order valence-corrected chi connectivity index (χ1v) is 8.27. The standard InChI is InChI=1S/C10H10O4.C8H17NO2/c1-14-9-6-7(2-4-8(9)11)3-5-10(12)13;1-2-3-4-5-6-7-8-11-9-10/h2-6,11H,1H3,(H,12,13);2-8H2,1H3. The zero-order valence-electron chi connectivity index (χ0n) is 14.8. The molecular weight excluding hydrogens is 326 g/mol. The molecule has 0 radical (unpaired) electrons. The summed E-state index contributed by atoms with van der Waals surface area (Å²) >= 11 is 0. The minimum absolute atomic E-state index is 0.0278. The first-order chi connectivity index (χ1) is 12.0. The third-order valence-corrected chi connectivity index (χ3v) is 3.26. The molecular formula is C18H27NO6. The molecule has 0 atom stereocenters. The van der Waals surface area contributed by atoms with Gasteiger partial charge in [0, 0.05) is 6.08 Å². The van der Waals surface area contributed by atoms with E-state index in [0.29, 0.717) is 17.9 Å². The van der Waals surface area contributed by atoms with Gasteiger partial charge in [-0.3, -0.25) is 0 Å². The third-order valence-electron chi connectivity index (χ3n) is 3.26. The minimum atomic E-state index is -1.02. The maximum absolute atomic E-state index is 10.2. The van der Waals surface area contributed by atoms with E-state index in [-0.39, 0.29) is 5.75 Å². The van der Waals surface area contributed by atoms with Gasteiger partial charge < -0.3 is 19.8 Å². The highest BCUT2D eigenvalue weighted by molar-refractivity contribution is 5.85. The first-order valence-electron chi connectivity index (χ1n) is 8.27. The van der Waals surface area contributed by atoms with E-state index in [9.17, 15) is 14.8 Å². The van der Waals surface area contributed by atoms with E-state index < -0.39 is 5.97 Å². The van der Waals surface area contributed by atoms with Crippen molar-refractivity contribution in [3.8, 4) is 11.5 Å². The van der Waals surface area contributed by atoms with Crippen LogP contribution >= 0.6 is 0 Å². The molecule has 2 N–H and O–H groups in total. The van der Waals surface area contributed by atoms with Gasteiger partial charge in [0.15, 0.2) is 16.8 Å². The second-order valence-electron chi connectivity index (χ2n) is 5.28. The summed E-state index contributed by atoms with van der Waals surface area (Å²) in [5.41, 5.74) is 0.655. The lowest BCUT2D eigenvalue weighted by Crippen LogP contribution is -1.87. The number of unbranched alkanes of at least 4 members (excludes halogenated alkanes) is 5. The quantitative estimate of drug-likeness (QED) is 0.262. The average Bonchev–Trinajstić information content (AvgIpc) is 2.61. The van der Waals surface area contributed by atoms with Crippen molar-refractivity contribution in [2.45, 2.75) is 45.4 Å². The fraction of sp³-hybridized carbons (Fsp3) is 0.500. The van der Waals surface area contributed by atoms with Gasteiger partial charge in [0.05, 0.1) is 7.11 Å². The molecule has 0 unspecified atom stereocenters. The molecule has 0 saturated heterocycles. The van der Waals surface area contributed by atoms with Crippen molar-refractivity contribution in [2.75, 3.05) is 13.7 Å². The molecule has 25 heavy (non-hydrogen) atoms. The van der Waals surface area contributed by atoms with Crippen LogP contribution in [0, 0.1) is 4.91 Å². The normalized spacial score (nSPS) is 10.0. The van der Waals surface area contributed by atoms with E-state index in [1.54, 1.807) is 12.1 Å². The number of rotatable bonds is 11. The van der Waals surface area contributed by atoms with Gasteiger partial charge in [0.2, 0.25) is 0 Å². The molecule has 0 saturated carbocycles. The first kappa shape index (κ1) is 22.4. The Bertz CT molecular complexity index is 530. The molecule has 0 aliphatic heterocycles. The van der Waals surface area contributed by atoms with Crippen molar-refractivity contribution < 1.29 is 24.6 Å². The maximum Gasteiger partial charge on any atom is 0.328 e. The van der Waals surface area contributed by atoms with Crippen molar-refractivity contribution >= 4 is 12.0 Å². The fourth-order valence-corrected chi connectivity index (χ4v) is 1.95. The number of hydrogen-bond donors (Lipinski definition) is 2. The van der Waals surface area contributed by atoms with Crippen LogP contribution in [0.2, 0.25) is 0 Å². The van der Waals surface area contributed by atoms with Gasteiger partial charge in [-0.1, -0.05) is 38.7 Å². The van der Waals surface area contributed by atoms with Crippen LogP contribution in [0.4, 0.5) is 0 Å². The van der Waals surface area contributed by atoms with Crippen molar-refractivity contribution in [3.63, 3.8) is 0 Å². The summed E-state index contributed by atoms with van der Waals surface area (Å²) in [5, 5.41) is 20.0. The molecule has 140 valence electrons. The van der Waals surface area contributed by atoms with Gasteiger partial charge in [-0.05, 0) is 36.6 Å². The second-order valence-corrected chi connectivity index (χ2v) is 5.28. The molecule has 0 spiro atoms. The molecule has 1 aromatic carbocycles. The van der Waals surface area contributed by atoms with Crippen LogP contribution in [0.3, 0.4) is 0 Å². The van der Waals surface area contributed by atoms with Gasteiger partial charge in [-0.25, -0.2) is 4.79 Å². The largest absolute Gasteiger partial charge is 0.504 e. The van der Waals surface area contributed by atoms with Gasteiger partial charge >= 0.3 is 5.97 Å². The van der Waals surface area contributed by atoms with Crippen LogP contribution in [0.25, 0.3) is 6.08 Å². The van der Waals surface area contributed by atoms with Gasteiger partial charge in [-0.2, -0.15) is 0 Å². The zero-order valence-corrected chi connectivity index (χ0v) is 14.8. The highest BCUT2D eigenvalue weighted by Gasteiger charge is 2.00. The molecule has 0 amide bonds. The zero-order chi connectivity index (χ0) is 18.9. The number of carbonyl (C=O) groups is 1. The van der Waals surface area contributed by atoms with Crippen LogP contribution < -0.4 is 4.74 Å². The van der Waals surface area contributed by atoms with Crippen LogP contribution in [0.15, 0.2) is 29.6 Å². The Morgan fingerprint density at radius 1 is 1.20 bits per heavy atom. The lowest BCUT2D eigenvalue weighted by atomic mass is 10.1. The number of benzene rings is 1. The van der Waals surface area contributed by atoms with E-state index in [4.69, 9.17) is 9.84 Å². The van der Waals surface area contributed by atoms with Gasteiger partial charge in [0.25, 0.3) is 0 Å². The summed E-state index contributed by atoms with van der Waals surface area (Å²) in [6.45, 7) is 2.68. The molecule has 1 aromatic rings. The average molecular weight is 353 g/mol. The summed E-state index contributed by atoms with van der Waals surface area (Å²) in [6, 6.07) is 4.59. The molecule has 0 aliphatic rings.